The van der Waals surface area contributed by atoms with Crippen molar-refractivity contribution in [2.75, 3.05) is 0 Å². The number of nitrogen functional groups attached to an aromatic ring is 1. The average molecular weight is 350 g/mol. The molecular weight excluding hydrogens is 331 g/mol. The van der Waals surface area contributed by atoms with Crippen LogP contribution in [0, 0.1) is 11.2 Å². The molecule has 26 heavy (non-hydrogen) atoms. The quantitative estimate of drug-likeness (QED) is 0.526. The minimum Gasteiger partial charge on any atom is -0.382 e. The van der Waals surface area contributed by atoms with Crippen LogP contribution in [0.1, 0.15) is 41.3 Å². The normalized spacial score (nSPS) is 11.9. The van der Waals surface area contributed by atoms with Crippen molar-refractivity contribution < 1.29 is 4.39 Å². The summed E-state index contributed by atoms with van der Waals surface area (Å²) in [5.41, 5.74) is 8.52. The molecule has 0 unspecified atom stereocenters. The molecule has 3 rings (SSSR count). The molecule has 1 atom stereocenters. The highest BCUT2D eigenvalue weighted by atomic mass is 19.1. The lowest BCUT2D eigenvalue weighted by Gasteiger charge is -2.13. The Morgan fingerprint density at radius 1 is 1.15 bits per heavy atom. The molecule has 0 saturated carbocycles. The Kier molecular flexibility index (Phi) is 5.26. The van der Waals surface area contributed by atoms with E-state index in [0.29, 0.717) is 24.4 Å². The summed E-state index contributed by atoms with van der Waals surface area (Å²) in [5.74, 6) is 0.320. The smallest absolute Gasteiger partial charge is 0.141 e. The van der Waals surface area contributed by atoms with E-state index >= 15 is 0 Å². The van der Waals surface area contributed by atoms with Crippen LogP contribution >= 0.6 is 0 Å². The van der Waals surface area contributed by atoms with Gasteiger partial charge < -0.3 is 5.73 Å². The summed E-state index contributed by atoms with van der Waals surface area (Å²) in [7, 11) is 0. The first kappa shape index (κ1) is 17.6. The Hall–Kier alpha value is -3.22. The summed E-state index contributed by atoms with van der Waals surface area (Å²) in [6.45, 7) is 2.03. The maximum Gasteiger partial charge on any atom is 0.141 e. The molecule has 0 bridgehead atoms. The number of nitrogens with one attached hydrogen (secondary N) is 1. The van der Waals surface area contributed by atoms with Crippen molar-refractivity contribution in [3.63, 3.8) is 0 Å². The molecule has 1 aromatic carbocycles. The van der Waals surface area contributed by atoms with Gasteiger partial charge in [0, 0.05) is 31.4 Å². The standard InChI is InChI=1S/C19H19FN6/c1-12(13-2-4-14(20)5-3-13)8-18-25-15(10-17(26-18)19(21)22)9-16-11-23-6-7-24-16/h2-7,10-12H,8-9H2,1H3,(H3,21,22)/t12-/m1/s1. The first-order valence-corrected chi connectivity index (χ1v) is 8.23. The number of halogens is 1. The molecule has 0 aliphatic heterocycles. The van der Waals surface area contributed by atoms with Gasteiger partial charge in [-0.1, -0.05) is 19.1 Å². The van der Waals surface area contributed by atoms with Gasteiger partial charge >= 0.3 is 0 Å². The fraction of sp³-hybridized carbons (Fsp3) is 0.211. The second-order valence-corrected chi connectivity index (χ2v) is 6.10. The van der Waals surface area contributed by atoms with Crippen molar-refractivity contribution in [3.8, 4) is 0 Å². The van der Waals surface area contributed by atoms with Crippen molar-refractivity contribution in [1.29, 1.82) is 5.41 Å². The zero-order chi connectivity index (χ0) is 18.5. The molecule has 0 aliphatic carbocycles. The van der Waals surface area contributed by atoms with Crippen LogP contribution in [-0.2, 0) is 12.8 Å². The monoisotopic (exact) mass is 350 g/mol. The number of nitrogens with two attached hydrogens (primary N) is 1. The van der Waals surface area contributed by atoms with E-state index in [1.54, 1.807) is 36.8 Å². The number of hydrogen-bond donors (Lipinski definition) is 2. The first-order chi connectivity index (χ1) is 12.5. The minimum absolute atomic E-state index is 0.0992. The summed E-state index contributed by atoms with van der Waals surface area (Å²) in [4.78, 5) is 17.3. The molecule has 0 aliphatic rings. The van der Waals surface area contributed by atoms with Crippen LogP contribution in [0.3, 0.4) is 0 Å². The predicted molar refractivity (Wildman–Crippen MR) is 96.4 cm³/mol. The number of nitrogens with zero attached hydrogens (tertiary/aromatic N) is 4. The van der Waals surface area contributed by atoms with Gasteiger partial charge in [0.1, 0.15) is 23.2 Å². The maximum atomic E-state index is 13.1. The van der Waals surface area contributed by atoms with Gasteiger partial charge in [0.25, 0.3) is 0 Å². The van der Waals surface area contributed by atoms with Crippen LogP contribution in [-0.4, -0.2) is 25.8 Å². The van der Waals surface area contributed by atoms with E-state index in [1.165, 1.54) is 12.1 Å². The van der Waals surface area contributed by atoms with Crippen LogP contribution in [0.25, 0.3) is 0 Å². The number of benzene rings is 1. The summed E-state index contributed by atoms with van der Waals surface area (Å²) in [6.07, 6.45) is 5.95. The largest absolute Gasteiger partial charge is 0.382 e. The molecule has 3 N–H and O–H groups in total. The zero-order valence-electron chi connectivity index (χ0n) is 14.4. The maximum absolute atomic E-state index is 13.1. The van der Waals surface area contributed by atoms with E-state index in [4.69, 9.17) is 11.1 Å². The second-order valence-electron chi connectivity index (χ2n) is 6.10. The first-order valence-electron chi connectivity index (χ1n) is 8.23. The Labute approximate surface area is 150 Å². The number of hydrogen-bond acceptors (Lipinski definition) is 5. The van der Waals surface area contributed by atoms with Crippen molar-refractivity contribution >= 4 is 5.84 Å². The molecule has 3 aromatic rings. The fourth-order valence-electron chi connectivity index (χ4n) is 2.66. The molecule has 0 amide bonds. The van der Waals surface area contributed by atoms with Crippen molar-refractivity contribution in [2.45, 2.75) is 25.7 Å². The van der Waals surface area contributed by atoms with E-state index in [9.17, 15) is 4.39 Å². The summed E-state index contributed by atoms with van der Waals surface area (Å²) >= 11 is 0. The highest BCUT2D eigenvalue weighted by Gasteiger charge is 2.13. The second kappa shape index (κ2) is 7.77. The molecule has 132 valence electrons. The van der Waals surface area contributed by atoms with Crippen LogP contribution in [0.5, 0.6) is 0 Å². The number of aromatic nitrogens is 4. The Morgan fingerprint density at radius 2 is 1.92 bits per heavy atom. The Morgan fingerprint density at radius 3 is 2.58 bits per heavy atom. The van der Waals surface area contributed by atoms with Gasteiger partial charge in [-0.05, 0) is 29.7 Å². The highest BCUT2D eigenvalue weighted by molar-refractivity contribution is 5.93. The van der Waals surface area contributed by atoms with Crippen LogP contribution in [0.15, 0.2) is 48.9 Å². The molecule has 2 heterocycles. The topological polar surface area (TPSA) is 101 Å². The summed E-state index contributed by atoms with van der Waals surface area (Å²) in [5, 5.41) is 7.70. The number of amidine groups is 1. The molecule has 6 nitrogen and oxygen atoms in total. The number of rotatable bonds is 6. The summed E-state index contributed by atoms with van der Waals surface area (Å²) in [6, 6.07) is 8.10. The fourth-order valence-corrected chi connectivity index (χ4v) is 2.66. The van der Waals surface area contributed by atoms with Gasteiger partial charge in [0.2, 0.25) is 0 Å². The Balaban J connectivity index is 1.85. The van der Waals surface area contributed by atoms with Crippen molar-refractivity contribution in [1.82, 2.24) is 19.9 Å². The third kappa shape index (κ3) is 4.44. The van der Waals surface area contributed by atoms with Gasteiger partial charge in [-0.25, -0.2) is 14.4 Å². The molecule has 2 aromatic heterocycles. The van der Waals surface area contributed by atoms with E-state index in [2.05, 4.69) is 19.9 Å². The lowest BCUT2D eigenvalue weighted by Crippen LogP contribution is -2.17. The predicted octanol–water partition coefficient (Wildman–Crippen LogP) is 2.63. The highest BCUT2D eigenvalue weighted by Crippen LogP contribution is 2.20. The van der Waals surface area contributed by atoms with E-state index < -0.39 is 0 Å². The van der Waals surface area contributed by atoms with Crippen molar-refractivity contribution in [3.05, 3.63) is 83.2 Å². The third-order valence-corrected chi connectivity index (χ3v) is 4.01. The molecular formula is C19H19FN6. The van der Waals surface area contributed by atoms with Crippen molar-refractivity contribution in [2.24, 2.45) is 5.73 Å². The molecule has 7 heteroatoms. The van der Waals surface area contributed by atoms with Gasteiger partial charge in [-0.15, -0.1) is 0 Å². The molecule has 0 saturated heterocycles. The Bertz CT molecular complexity index is 896. The summed E-state index contributed by atoms with van der Waals surface area (Å²) < 4.78 is 13.1. The minimum atomic E-state index is -0.262. The lowest BCUT2D eigenvalue weighted by atomic mass is 9.97. The average Bonchev–Trinajstić information content (AvgIpc) is 2.63. The van der Waals surface area contributed by atoms with Gasteiger partial charge in [0.15, 0.2) is 0 Å². The van der Waals surface area contributed by atoms with Gasteiger partial charge in [-0.3, -0.25) is 15.4 Å². The van der Waals surface area contributed by atoms with Gasteiger partial charge in [-0.2, -0.15) is 0 Å². The van der Waals surface area contributed by atoms with E-state index in [1.807, 2.05) is 6.92 Å². The third-order valence-electron chi connectivity index (χ3n) is 4.01. The molecule has 0 spiro atoms. The lowest BCUT2D eigenvalue weighted by molar-refractivity contribution is 0.624. The van der Waals surface area contributed by atoms with E-state index in [0.717, 1.165) is 17.0 Å². The SMILES string of the molecule is C[C@H](Cc1nc(Cc2cnccn2)cc(C(=N)N)n1)c1ccc(F)cc1. The molecule has 0 radical (unpaired) electrons. The van der Waals surface area contributed by atoms with Gasteiger partial charge in [0.05, 0.1) is 11.4 Å². The van der Waals surface area contributed by atoms with Crippen LogP contribution < -0.4 is 5.73 Å². The van der Waals surface area contributed by atoms with E-state index in [-0.39, 0.29) is 17.6 Å². The molecule has 0 fully saturated rings. The van der Waals surface area contributed by atoms with Crippen LogP contribution in [0.4, 0.5) is 4.39 Å². The van der Waals surface area contributed by atoms with Crippen LogP contribution in [0.2, 0.25) is 0 Å². The zero-order valence-corrected chi connectivity index (χ0v) is 14.4.